The Morgan fingerprint density at radius 3 is 2.50 bits per heavy atom. The van der Waals surface area contributed by atoms with Crippen molar-refractivity contribution in [3.8, 4) is 0 Å². The number of nitrogens with one attached hydrogen (secondary N) is 1. The van der Waals surface area contributed by atoms with E-state index < -0.39 is 0 Å². The molecule has 0 saturated carbocycles. The molecule has 124 valence electrons. The Hall–Kier alpha value is -2.13. The number of fused-ring (bicyclic) bond motifs is 1. The third-order valence-corrected chi connectivity index (χ3v) is 5.11. The van der Waals surface area contributed by atoms with Gasteiger partial charge in [0.25, 0.3) is 0 Å². The molecule has 1 aromatic heterocycles. The lowest BCUT2D eigenvalue weighted by atomic mass is 9.98. The second-order valence-electron chi connectivity index (χ2n) is 6.81. The summed E-state index contributed by atoms with van der Waals surface area (Å²) in [6, 6.07) is 19.3. The Bertz CT molecular complexity index is 785. The van der Waals surface area contributed by atoms with E-state index >= 15 is 0 Å². The van der Waals surface area contributed by atoms with Crippen molar-refractivity contribution in [2.45, 2.75) is 32.2 Å². The Morgan fingerprint density at radius 2 is 1.67 bits per heavy atom. The molecule has 0 spiro atoms. The molecule has 0 radical (unpaired) electrons. The fourth-order valence-electron chi connectivity index (χ4n) is 3.74. The number of hydrogen-bond acceptors (Lipinski definition) is 2. The standard InChI is InChI=1S/C21H25N3/c1-2-6-17(7-3-1)10-11-21-23-19-8-4-5-9-20(19)24(21)16-18-12-14-22-15-13-18/h1-9,18,22H,10-16H2. The molecule has 3 heteroatoms. The average Bonchev–Trinajstić information content (AvgIpc) is 2.99. The van der Waals surface area contributed by atoms with Crippen LogP contribution in [-0.2, 0) is 19.4 Å². The van der Waals surface area contributed by atoms with Crippen LogP contribution in [0.4, 0.5) is 0 Å². The van der Waals surface area contributed by atoms with Crippen molar-refractivity contribution in [1.82, 2.24) is 14.9 Å². The summed E-state index contributed by atoms with van der Waals surface area (Å²) < 4.78 is 2.48. The van der Waals surface area contributed by atoms with Gasteiger partial charge in [-0.3, -0.25) is 0 Å². The predicted octanol–water partition coefficient (Wildman–Crippen LogP) is 3.82. The normalized spacial score (nSPS) is 15.8. The maximum absolute atomic E-state index is 4.94. The molecule has 0 amide bonds. The highest BCUT2D eigenvalue weighted by molar-refractivity contribution is 5.75. The lowest BCUT2D eigenvalue weighted by Crippen LogP contribution is -2.30. The number of benzene rings is 2. The first kappa shape index (κ1) is 15.4. The van der Waals surface area contributed by atoms with Crippen molar-refractivity contribution in [2.24, 2.45) is 5.92 Å². The van der Waals surface area contributed by atoms with E-state index in [9.17, 15) is 0 Å². The van der Waals surface area contributed by atoms with E-state index in [4.69, 9.17) is 4.98 Å². The molecule has 1 saturated heterocycles. The van der Waals surface area contributed by atoms with Gasteiger partial charge in [0.05, 0.1) is 11.0 Å². The predicted molar refractivity (Wildman–Crippen MR) is 99.2 cm³/mol. The molecule has 3 aromatic rings. The molecule has 4 rings (SSSR count). The van der Waals surface area contributed by atoms with Crippen LogP contribution in [-0.4, -0.2) is 22.6 Å². The van der Waals surface area contributed by atoms with Crippen molar-refractivity contribution in [3.05, 3.63) is 66.0 Å². The van der Waals surface area contributed by atoms with Crippen molar-refractivity contribution >= 4 is 11.0 Å². The number of para-hydroxylation sites is 2. The van der Waals surface area contributed by atoms with Gasteiger partial charge in [-0.1, -0.05) is 42.5 Å². The van der Waals surface area contributed by atoms with Gasteiger partial charge >= 0.3 is 0 Å². The maximum atomic E-state index is 4.94. The van der Waals surface area contributed by atoms with Crippen LogP contribution < -0.4 is 5.32 Å². The summed E-state index contributed by atoms with van der Waals surface area (Å²) in [5, 5.41) is 3.47. The van der Waals surface area contributed by atoms with Gasteiger partial charge in [-0.2, -0.15) is 0 Å². The number of piperidine rings is 1. The second kappa shape index (κ2) is 7.18. The van der Waals surface area contributed by atoms with Crippen LogP contribution in [0.5, 0.6) is 0 Å². The average molecular weight is 319 g/mol. The summed E-state index contributed by atoms with van der Waals surface area (Å²) >= 11 is 0. The number of rotatable bonds is 5. The zero-order valence-corrected chi connectivity index (χ0v) is 14.1. The van der Waals surface area contributed by atoms with Crippen LogP contribution in [0.2, 0.25) is 0 Å². The summed E-state index contributed by atoms with van der Waals surface area (Å²) in [6.07, 6.45) is 4.59. The minimum Gasteiger partial charge on any atom is -0.328 e. The van der Waals surface area contributed by atoms with E-state index in [1.54, 1.807) is 0 Å². The number of hydrogen-bond donors (Lipinski definition) is 1. The summed E-state index contributed by atoms with van der Waals surface area (Å²) in [5.41, 5.74) is 3.81. The molecule has 3 nitrogen and oxygen atoms in total. The summed E-state index contributed by atoms with van der Waals surface area (Å²) in [6.45, 7) is 3.40. The minimum absolute atomic E-state index is 0.763. The van der Waals surface area contributed by atoms with E-state index in [0.29, 0.717) is 0 Å². The van der Waals surface area contributed by atoms with Gasteiger partial charge in [0.2, 0.25) is 0 Å². The highest BCUT2D eigenvalue weighted by atomic mass is 15.1. The Balaban J connectivity index is 1.59. The fourth-order valence-corrected chi connectivity index (χ4v) is 3.74. The van der Waals surface area contributed by atoms with Gasteiger partial charge in [-0.25, -0.2) is 4.98 Å². The first-order chi connectivity index (χ1) is 11.9. The van der Waals surface area contributed by atoms with Gasteiger partial charge < -0.3 is 9.88 Å². The van der Waals surface area contributed by atoms with Crippen LogP contribution in [0.25, 0.3) is 11.0 Å². The minimum atomic E-state index is 0.763. The van der Waals surface area contributed by atoms with Crippen LogP contribution in [0, 0.1) is 5.92 Å². The topological polar surface area (TPSA) is 29.9 Å². The Labute approximate surface area is 143 Å². The summed E-state index contributed by atoms with van der Waals surface area (Å²) in [5.74, 6) is 2.00. The van der Waals surface area contributed by atoms with E-state index in [1.807, 2.05) is 0 Å². The molecule has 0 bridgehead atoms. The SMILES string of the molecule is c1ccc(CCc2nc3ccccc3n2CC2CCNCC2)cc1. The molecule has 1 aliphatic rings. The molecular weight excluding hydrogens is 294 g/mol. The number of aryl methyl sites for hydroxylation is 2. The quantitative estimate of drug-likeness (QED) is 0.775. The van der Waals surface area contributed by atoms with Gasteiger partial charge in [-0.05, 0) is 56.0 Å². The molecule has 0 atom stereocenters. The lowest BCUT2D eigenvalue weighted by Gasteiger charge is -2.24. The second-order valence-corrected chi connectivity index (χ2v) is 6.81. The highest BCUT2D eigenvalue weighted by Gasteiger charge is 2.17. The molecule has 0 unspecified atom stereocenters. The monoisotopic (exact) mass is 319 g/mol. The van der Waals surface area contributed by atoms with E-state index in [2.05, 4.69) is 64.5 Å². The number of imidazole rings is 1. The van der Waals surface area contributed by atoms with Crippen molar-refractivity contribution < 1.29 is 0 Å². The third kappa shape index (κ3) is 3.36. The van der Waals surface area contributed by atoms with Crippen molar-refractivity contribution in [1.29, 1.82) is 0 Å². The van der Waals surface area contributed by atoms with Gasteiger partial charge in [-0.15, -0.1) is 0 Å². The van der Waals surface area contributed by atoms with Gasteiger partial charge in [0.1, 0.15) is 5.82 Å². The summed E-state index contributed by atoms with van der Waals surface area (Å²) in [7, 11) is 0. The van der Waals surface area contributed by atoms with E-state index in [0.717, 1.165) is 43.9 Å². The summed E-state index contributed by atoms with van der Waals surface area (Å²) in [4.78, 5) is 4.94. The maximum Gasteiger partial charge on any atom is 0.110 e. The molecule has 24 heavy (non-hydrogen) atoms. The van der Waals surface area contributed by atoms with Gasteiger partial charge in [0, 0.05) is 13.0 Å². The lowest BCUT2D eigenvalue weighted by molar-refractivity contribution is 0.333. The van der Waals surface area contributed by atoms with Crippen LogP contribution in [0.3, 0.4) is 0 Å². The first-order valence-corrected chi connectivity index (χ1v) is 9.09. The zero-order chi connectivity index (χ0) is 16.2. The molecular formula is C21H25N3. The molecule has 1 fully saturated rings. The smallest absolute Gasteiger partial charge is 0.110 e. The largest absolute Gasteiger partial charge is 0.328 e. The zero-order valence-electron chi connectivity index (χ0n) is 14.1. The number of nitrogens with zero attached hydrogens (tertiary/aromatic N) is 2. The fraction of sp³-hybridized carbons (Fsp3) is 0.381. The highest BCUT2D eigenvalue weighted by Crippen LogP contribution is 2.22. The van der Waals surface area contributed by atoms with E-state index in [-0.39, 0.29) is 0 Å². The van der Waals surface area contributed by atoms with Crippen LogP contribution in [0.15, 0.2) is 54.6 Å². The van der Waals surface area contributed by atoms with Crippen LogP contribution in [0.1, 0.15) is 24.2 Å². The molecule has 1 aliphatic heterocycles. The molecule has 0 aliphatic carbocycles. The number of aromatic nitrogens is 2. The third-order valence-electron chi connectivity index (χ3n) is 5.11. The van der Waals surface area contributed by atoms with Crippen molar-refractivity contribution in [3.63, 3.8) is 0 Å². The molecule has 1 N–H and O–H groups in total. The van der Waals surface area contributed by atoms with E-state index in [1.165, 1.54) is 29.7 Å². The Kier molecular flexibility index (Phi) is 4.61. The van der Waals surface area contributed by atoms with Gasteiger partial charge in [0.15, 0.2) is 0 Å². The first-order valence-electron chi connectivity index (χ1n) is 9.09. The van der Waals surface area contributed by atoms with Crippen molar-refractivity contribution in [2.75, 3.05) is 13.1 Å². The molecule has 2 heterocycles. The molecule has 2 aromatic carbocycles. The Morgan fingerprint density at radius 1 is 0.917 bits per heavy atom. The van der Waals surface area contributed by atoms with Crippen LogP contribution >= 0.6 is 0 Å².